The maximum atomic E-state index is 8.04. The number of nitrogens with zero attached hydrogens (tertiary/aromatic N) is 3. The predicted octanol–water partition coefficient (Wildman–Crippen LogP) is 3.90. The molecule has 6 heteroatoms. The Morgan fingerprint density at radius 3 is 2.86 bits per heavy atom. The van der Waals surface area contributed by atoms with Crippen molar-refractivity contribution in [1.29, 1.82) is 0 Å². The topological polar surface area (TPSA) is 58.0 Å². The van der Waals surface area contributed by atoms with Gasteiger partial charge in [-0.05, 0) is 39.7 Å². The largest absolute Gasteiger partial charge is 0.492 e. The molecular weight excluding hydrogens is 314 g/mol. The van der Waals surface area contributed by atoms with Crippen LogP contribution in [0.4, 0.5) is 0 Å². The van der Waals surface area contributed by atoms with Gasteiger partial charge >= 0.3 is 0 Å². The number of ether oxygens (including phenoxy) is 1. The van der Waals surface area contributed by atoms with Crippen molar-refractivity contribution in [3.63, 3.8) is 0 Å². The van der Waals surface area contributed by atoms with Crippen LogP contribution in [0.15, 0.2) is 32.3 Å². The number of halogens is 2. The van der Waals surface area contributed by atoms with E-state index in [0.29, 0.717) is 13.2 Å². The Bertz CT molecular complexity index is 364. The van der Waals surface area contributed by atoms with Crippen molar-refractivity contribution in [3.8, 4) is 5.75 Å². The second kappa shape index (κ2) is 5.90. The molecule has 0 N–H and O–H groups in total. The van der Waals surface area contributed by atoms with E-state index in [2.05, 4.69) is 41.9 Å². The SMILES string of the molecule is [N-]=[N+]=NCCOc1ccc(Br)cc1Br. The molecule has 4 nitrogen and oxygen atoms in total. The molecule has 0 spiro atoms. The first-order valence-corrected chi connectivity index (χ1v) is 5.41. The summed E-state index contributed by atoms with van der Waals surface area (Å²) in [5, 5.41) is 3.37. The number of rotatable bonds is 4. The van der Waals surface area contributed by atoms with Crippen LogP contribution in [-0.2, 0) is 0 Å². The molecule has 0 heterocycles. The third-order valence-electron chi connectivity index (χ3n) is 1.41. The average Bonchev–Trinajstić information content (AvgIpc) is 2.15. The lowest BCUT2D eigenvalue weighted by molar-refractivity contribution is 0.326. The minimum Gasteiger partial charge on any atom is -0.492 e. The molecule has 74 valence electrons. The predicted molar refractivity (Wildman–Crippen MR) is 61.4 cm³/mol. The molecule has 0 bridgehead atoms. The van der Waals surface area contributed by atoms with E-state index in [1.165, 1.54) is 0 Å². The highest BCUT2D eigenvalue weighted by Crippen LogP contribution is 2.27. The van der Waals surface area contributed by atoms with Crippen molar-refractivity contribution in [2.24, 2.45) is 5.11 Å². The fraction of sp³-hybridized carbons (Fsp3) is 0.250. The van der Waals surface area contributed by atoms with Crippen LogP contribution >= 0.6 is 31.9 Å². The van der Waals surface area contributed by atoms with Gasteiger partial charge in [-0.15, -0.1) is 0 Å². The minimum atomic E-state index is 0.332. The van der Waals surface area contributed by atoms with Crippen LogP contribution < -0.4 is 4.74 Å². The zero-order valence-corrected chi connectivity index (χ0v) is 10.3. The molecule has 0 amide bonds. The zero-order chi connectivity index (χ0) is 10.4. The molecular formula is C8H7Br2N3O. The summed E-state index contributed by atoms with van der Waals surface area (Å²) in [6, 6.07) is 5.61. The maximum absolute atomic E-state index is 8.04. The lowest BCUT2D eigenvalue weighted by Gasteiger charge is -2.06. The molecule has 0 aromatic heterocycles. The maximum Gasteiger partial charge on any atom is 0.133 e. The van der Waals surface area contributed by atoms with Crippen molar-refractivity contribution in [1.82, 2.24) is 0 Å². The van der Waals surface area contributed by atoms with E-state index in [1.54, 1.807) is 0 Å². The van der Waals surface area contributed by atoms with Crippen molar-refractivity contribution in [2.75, 3.05) is 13.2 Å². The third kappa shape index (κ3) is 3.57. The van der Waals surface area contributed by atoms with Crippen LogP contribution in [0.3, 0.4) is 0 Å². The average molecular weight is 321 g/mol. The Labute approximate surface area is 98.1 Å². The standard InChI is InChI=1S/C8H7Br2N3O/c9-6-1-2-8(7(10)5-6)14-4-3-12-13-11/h1-2,5H,3-4H2. The van der Waals surface area contributed by atoms with Gasteiger partial charge in [0.05, 0.1) is 17.6 Å². The van der Waals surface area contributed by atoms with Crippen LogP contribution in [0, 0.1) is 0 Å². The Morgan fingerprint density at radius 1 is 1.43 bits per heavy atom. The second-order valence-electron chi connectivity index (χ2n) is 2.38. The van der Waals surface area contributed by atoms with Gasteiger partial charge in [-0.1, -0.05) is 21.0 Å². The monoisotopic (exact) mass is 319 g/mol. The molecule has 0 saturated carbocycles. The quantitative estimate of drug-likeness (QED) is 0.359. The van der Waals surface area contributed by atoms with E-state index in [1.807, 2.05) is 18.2 Å². The van der Waals surface area contributed by atoms with Gasteiger partial charge in [-0.3, -0.25) is 0 Å². The fourth-order valence-corrected chi connectivity index (χ4v) is 1.99. The van der Waals surface area contributed by atoms with Gasteiger partial charge in [0.2, 0.25) is 0 Å². The molecule has 1 rings (SSSR count). The highest BCUT2D eigenvalue weighted by Gasteiger charge is 2.00. The molecule has 14 heavy (non-hydrogen) atoms. The van der Waals surface area contributed by atoms with Crippen molar-refractivity contribution < 1.29 is 4.74 Å². The Morgan fingerprint density at radius 2 is 2.21 bits per heavy atom. The summed E-state index contributed by atoms with van der Waals surface area (Å²) in [7, 11) is 0. The first-order valence-electron chi connectivity index (χ1n) is 3.83. The Kier molecular flexibility index (Phi) is 4.79. The summed E-state index contributed by atoms with van der Waals surface area (Å²) in [4.78, 5) is 2.63. The first kappa shape index (κ1) is 11.4. The molecule has 0 aliphatic heterocycles. The summed E-state index contributed by atoms with van der Waals surface area (Å²) < 4.78 is 7.21. The molecule has 0 saturated heterocycles. The van der Waals surface area contributed by atoms with Crippen LogP contribution in [0.5, 0.6) is 5.75 Å². The normalized spacial score (nSPS) is 9.29. The summed E-state index contributed by atoms with van der Waals surface area (Å²) in [5.41, 5.74) is 8.04. The minimum absolute atomic E-state index is 0.332. The lowest BCUT2D eigenvalue weighted by atomic mass is 10.3. The summed E-state index contributed by atoms with van der Waals surface area (Å²) >= 11 is 6.70. The number of benzene rings is 1. The molecule has 0 fully saturated rings. The van der Waals surface area contributed by atoms with E-state index < -0.39 is 0 Å². The molecule has 0 atom stereocenters. The summed E-state index contributed by atoms with van der Waals surface area (Å²) in [6.45, 7) is 0.712. The lowest BCUT2D eigenvalue weighted by Crippen LogP contribution is -2.00. The molecule has 0 radical (unpaired) electrons. The second-order valence-corrected chi connectivity index (χ2v) is 4.15. The fourth-order valence-electron chi connectivity index (χ4n) is 0.833. The van der Waals surface area contributed by atoms with E-state index >= 15 is 0 Å². The van der Waals surface area contributed by atoms with Crippen molar-refractivity contribution >= 4 is 31.9 Å². The van der Waals surface area contributed by atoms with E-state index in [9.17, 15) is 0 Å². The number of hydrogen-bond donors (Lipinski definition) is 0. The van der Waals surface area contributed by atoms with E-state index in [0.717, 1.165) is 14.7 Å². The van der Waals surface area contributed by atoms with Gasteiger partial charge in [0.1, 0.15) is 5.75 Å². The first-order chi connectivity index (χ1) is 6.74. The molecule has 0 aliphatic rings. The number of hydrogen-bond acceptors (Lipinski definition) is 2. The van der Waals surface area contributed by atoms with E-state index in [4.69, 9.17) is 10.3 Å². The van der Waals surface area contributed by atoms with Gasteiger partial charge < -0.3 is 4.74 Å². The third-order valence-corrected chi connectivity index (χ3v) is 2.52. The van der Waals surface area contributed by atoms with Crippen molar-refractivity contribution in [3.05, 3.63) is 37.6 Å². The molecule has 0 aliphatic carbocycles. The van der Waals surface area contributed by atoms with Crippen LogP contribution in [0.1, 0.15) is 0 Å². The highest BCUT2D eigenvalue weighted by atomic mass is 79.9. The summed E-state index contributed by atoms with van der Waals surface area (Å²) in [6.07, 6.45) is 0. The van der Waals surface area contributed by atoms with E-state index in [-0.39, 0.29) is 0 Å². The smallest absolute Gasteiger partial charge is 0.133 e. The van der Waals surface area contributed by atoms with Gasteiger partial charge in [-0.2, -0.15) is 0 Å². The van der Waals surface area contributed by atoms with Gasteiger partial charge in [-0.25, -0.2) is 0 Å². The van der Waals surface area contributed by atoms with Gasteiger partial charge in [0, 0.05) is 9.38 Å². The van der Waals surface area contributed by atoms with Gasteiger partial charge in [0.25, 0.3) is 0 Å². The zero-order valence-electron chi connectivity index (χ0n) is 7.15. The Balaban J connectivity index is 2.54. The molecule has 1 aromatic carbocycles. The van der Waals surface area contributed by atoms with Crippen molar-refractivity contribution in [2.45, 2.75) is 0 Å². The highest BCUT2D eigenvalue weighted by molar-refractivity contribution is 9.11. The Hall–Kier alpha value is -0.710. The molecule has 0 unspecified atom stereocenters. The van der Waals surface area contributed by atoms with Crippen LogP contribution in [-0.4, -0.2) is 13.2 Å². The van der Waals surface area contributed by atoms with Crippen LogP contribution in [0.25, 0.3) is 10.4 Å². The molecule has 1 aromatic rings. The number of azide groups is 1. The summed E-state index contributed by atoms with van der Waals surface area (Å²) in [5.74, 6) is 0.737. The van der Waals surface area contributed by atoms with Gasteiger partial charge in [0.15, 0.2) is 0 Å². The van der Waals surface area contributed by atoms with Crippen LogP contribution in [0.2, 0.25) is 0 Å².